The summed E-state index contributed by atoms with van der Waals surface area (Å²) in [5, 5.41) is 15.3. The number of amides is 1. The van der Waals surface area contributed by atoms with Crippen molar-refractivity contribution in [2.24, 2.45) is 7.05 Å². The lowest BCUT2D eigenvalue weighted by molar-refractivity contribution is 0.102. The van der Waals surface area contributed by atoms with Gasteiger partial charge in [-0.05, 0) is 19.4 Å². The Kier molecular flexibility index (Phi) is 4.11. The highest BCUT2D eigenvalue weighted by Crippen LogP contribution is 2.21. The van der Waals surface area contributed by atoms with Crippen molar-refractivity contribution in [2.75, 3.05) is 5.32 Å². The maximum Gasteiger partial charge on any atom is 0.259 e. The molecule has 0 bridgehead atoms. The average molecular weight is 329 g/mol. The van der Waals surface area contributed by atoms with E-state index in [9.17, 15) is 4.79 Å². The summed E-state index contributed by atoms with van der Waals surface area (Å²) < 4.78 is 5.91. The fourth-order valence-electron chi connectivity index (χ4n) is 1.99. The van der Waals surface area contributed by atoms with Crippen molar-refractivity contribution in [3.63, 3.8) is 0 Å². The second kappa shape index (κ2) is 6.21. The zero-order chi connectivity index (χ0) is 16.4. The molecule has 0 saturated carbocycles. The minimum absolute atomic E-state index is 0.263. The van der Waals surface area contributed by atoms with E-state index in [0.717, 1.165) is 29.2 Å². The van der Waals surface area contributed by atoms with Crippen LogP contribution >= 0.6 is 11.5 Å². The number of carbonyl (C=O) groups excluding carboxylic acids is 1. The molecule has 0 aliphatic carbocycles. The maximum atomic E-state index is 12.4. The van der Waals surface area contributed by atoms with Gasteiger partial charge in [-0.15, -0.1) is 0 Å². The molecule has 118 valence electrons. The molecule has 23 heavy (non-hydrogen) atoms. The Balaban J connectivity index is 1.80. The van der Waals surface area contributed by atoms with E-state index >= 15 is 0 Å². The number of anilines is 1. The number of rotatable bonds is 4. The molecule has 0 atom stereocenters. The summed E-state index contributed by atoms with van der Waals surface area (Å²) in [5.74, 6) is 0.276. The standard InChI is InChI=1S/C14H15N7OS/c1-4-10-5-11(8(2)18-19-10)13(22)17-14-16-12(20-23-14)9-6-15-21(3)7-9/h5-7H,4H2,1-3H3,(H,16,17,20,22). The molecule has 0 saturated heterocycles. The van der Waals surface area contributed by atoms with Crippen LogP contribution in [0.1, 0.15) is 28.7 Å². The first-order valence-electron chi connectivity index (χ1n) is 7.04. The predicted molar refractivity (Wildman–Crippen MR) is 86.2 cm³/mol. The van der Waals surface area contributed by atoms with E-state index in [2.05, 4.69) is 30.0 Å². The number of aryl methyl sites for hydroxylation is 3. The van der Waals surface area contributed by atoms with Gasteiger partial charge in [0.15, 0.2) is 5.82 Å². The molecule has 3 aromatic heterocycles. The first-order chi connectivity index (χ1) is 11.1. The molecular formula is C14H15N7OS. The van der Waals surface area contributed by atoms with E-state index in [0.29, 0.717) is 22.2 Å². The molecule has 0 spiro atoms. The Bertz CT molecular complexity index is 854. The Morgan fingerprint density at radius 3 is 2.91 bits per heavy atom. The normalized spacial score (nSPS) is 10.7. The summed E-state index contributed by atoms with van der Waals surface area (Å²) in [6.45, 7) is 3.72. The first kappa shape index (κ1) is 15.2. The van der Waals surface area contributed by atoms with E-state index in [1.165, 1.54) is 0 Å². The summed E-state index contributed by atoms with van der Waals surface area (Å²) in [6.07, 6.45) is 4.22. The minimum atomic E-state index is -0.263. The van der Waals surface area contributed by atoms with Gasteiger partial charge in [0, 0.05) is 24.8 Å². The molecule has 3 heterocycles. The molecule has 0 aliphatic rings. The van der Waals surface area contributed by atoms with Gasteiger partial charge >= 0.3 is 0 Å². The van der Waals surface area contributed by atoms with Crippen molar-refractivity contribution >= 4 is 22.6 Å². The highest BCUT2D eigenvalue weighted by molar-refractivity contribution is 7.10. The van der Waals surface area contributed by atoms with Crippen molar-refractivity contribution in [2.45, 2.75) is 20.3 Å². The van der Waals surface area contributed by atoms with Gasteiger partial charge in [-0.1, -0.05) is 6.92 Å². The van der Waals surface area contributed by atoms with Crippen molar-refractivity contribution in [3.8, 4) is 11.4 Å². The number of carbonyl (C=O) groups is 1. The quantitative estimate of drug-likeness (QED) is 0.784. The van der Waals surface area contributed by atoms with Gasteiger partial charge in [0.25, 0.3) is 5.91 Å². The van der Waals surface area contributed by atoms with Crippen LogP contribution in [0.3, 0.4) is 0 Å². The highest BCUT2D eigenvalue weighted by Gasteiger charge is 2.15. The van der Waals surface area contributed by atoms with Gasteiger partial charge in [-0.2, -0.15) is 24.7 Å². The van der Waals surface area contributed by atoms with Crippen LogP contribution < -0.4 is 5.32 Å². The zero-order valence-corrected chi connectivity index (χ0v) is 13.8. The monoisotopic (exact) mass is 329 g/mol. The van der Waals surface area contributed by atoms with Crippen LogP contribution in [0.15, 0.2) is 18.5 Å². The van der Waals surface area contributed by atoms with Crippen LogP contribution in [0.25, 0.3) is 11.4 Å². The summed E-state index contributed by atoms with van der Waals surface area (Å²) in [5.41, 5.74) is 2.65. The Hall–Kier alpha value is -2.68. The van der Waals surface area contributed by atoms with Crippen LogP contribution in [-0.2, 0) is 13.5 Å². The largest absolute Gasteiger partial charge is 0.297 e. The molecule has 0 unspecified atom stereocenters. The third kappa shape index (κ3) is 3.24. The number of nitrogens with zero attached hydrogens (tertiary/aromatic N) is 6. The molecule has 0 aliphatic heterocycles. The van der Waals surface area contributed by atoms with Crippen molar-refractivity contribution in [1.82, 2.24) is 29.3 Å². The maximum absolute atomic E-state index is 12.4. The molecule has 3 rings (SSSR count). The van der Waals surface area contributed by atoms with Gasteiger partial charge in [-0.25, -0.2) is 0 Å². The highest BCUT2D eigenvalue weighted by atomic mass is 32.1. The van der Waals surface area contributed by atoms with E-state index < -0.39 is 0 Å². The van der Waals surface area contributed by atoms with Crippen molar-refractivity contribution in [1.29, 1.82) is 0 Å². The summed E-state index contributed by atoms with van der Waals surface area (Å²) >= 11 is 1.13. The molecule has 0 radical (unpaired) electrons. The second-order valence-electron chi connectivity index (χ2n) is 4.97. The summed E-state index contributed by atoms with van der Waals surface area (Å²) in [6, 6.07) is 1.75. The lowest BCUT2D eigenvalue weighted by Crippen LogP contribution is -2.15. The van der Waals surface area contributed by atoms with Crippen LogP contribution in [-0.4, -0.2) is 35.2 Å². The molecule has 3 aromatic rings. The molecule has 1 amide bonds. The number of hydrogen-bond donors (Lipinski definition) is 1. The van der Waals surface area contributed by atoms with Gasteiger partial charge in [0.2, 0.25) is 5.13 Å². The van der Waals surface area contributed by atoms with Gasteiger partial charge in [0.05, 0.1) is 28.7 Å². The smallest absolute Gasteiger partial charge is 0.259 e. The first-order valence-corrected chi connectivity index (χ1v) is 7.81. The van der Waals surface area contributed by atoms with Gasteiger partial charge in [0.1, 0.15) is 0 Å². The van der Waals surface area contributed by atoms with E-state index in [4.69, 9.17) is 0 Å². The summed E-state index contributed by atoms with van der Waals surface area (Å²) in [4.78, 5) is 16.7. The third-order valence-electron chi connectivity index (χ3n) is 3.25. The Morgan fingerprint density at radius 2 is 2.22 bits per heavy atom. The van der Waals surface area contributed by atoms with Crippen LogP contribution in [0, 0.1) is 6.92 Å². The Morgan fingerprint density at radius 1 is 1.39 bits per heavy atom. The van der Waals surface area contributed by atoms with E-state index in [-0.39, 0.29) is 5.91 Å². The second-order valence-corrected chi connectivity index (χ2v) is 5.72. The summed E-state index contributed by atoms with van der Waals surface area (Å²) in [7, 11) is 1.82. The number of hydrogen-bond acceptors (Lipinski definition) is 7. The molecule has 8 nitrogen and oxygen atoms in total. The van der Waals surface area contributed by atoms with Gasteiger partial charge in [-0.3, -0.25) is 14.8 Å². The predicted octanol–water partition coefficient (Wildman–Crippen LogP) is 1.85. The van der Waals surface area contributed by atoms with Crippen molar-refractivity contribution in [3.05, 3.63) is 35.4 Å². The minimum Gasteiger partial charge on any atom is -0.297 e. The lowest BCUT2D eigenvalue weighted by atomic mass is 10.1. The lowest BCUT2D eigenvalue weighted by Gasteiger charge is -2.05. The molecule has 0 fully saturated rings. The van der Waals surface area contributed by atoms with Crippen molar-refractivity contribution < 1.29 is 4.79 Å². The SMILES string of the molecule is CCc1cc(C(=O)Nc2nc(-c3cnn(C)c3)ns2)c(C)nn1. The van der Waals surface area contributed by atoms with Crippen LogP contribution in [0.5, 0.6) is 0 Å². The molecular weight excluding hydrogens is 314 g/mol. The topological polar surface area (TPSA) is 98.5 Å². The van der Waals surface area contributed by atoms with E-state index in [1.54, 1.807) is 23.9 Å². The van der Waals surface area contributed by atoms with Gasteiger partial charge < -0.3 is 0 Å². The molecule has 1 N–H and O–H groups in total. The Labute approximate surface area is 136 Å². The number of nitrogens with one attached hydrogen (secondary N) is 1. The van der Waals surface area contributed by atoms with E-state index in [1.807, 2.05) is 20.2 Å². The fourth-order valence-corrected chi connectivity index (χ4v) is 2.57. The van der Waals surface area contributed by atoms with Crippen LogP contribution in [0.2, 0.25) is 0 Å². The average Bonchev–Trinajstić information content (AvgIpc) is 3.16. The number of aromatic nitrogens is 6. The third-order valence-corrected chi connectivity index (χ3v) is 3.88. The molecule has 0 aromatic carbocycles. The fraction of sp³-hybridized carbons (Fsp3) is 0.286. The molecule has 9 heteroatoms. The zero-order valence-electron chi connectivity index (χ0n) is 12.9. The van der Waals surface area contributed by atoms with Crippen LogP contribution in [0.4, 0.5) is 5.13 Å².